The number of nitrogens with one attached hydrogen (secondary N) is 1. The van der Waals surface area contributed by atoms with Gasteiger partial charge in [-0.1, -0.05) is 122 Å². The van der Waals surface area contributed by atoms with E-state index in [9.17, 15) is 19.4 Å². The molecule has 0 radical (unpaired) electrons. The zero-order valence-electron chi connectivity index (χ0n) is 27.0. The molecule has 1 amide bonds. The molecule has 41 heavy (non-hydrogen) atoms. The molecular weight excluding hydrogens is 539 g/mol. The predicted octanol–water partition coefficient (Wildman–Crippen LogP) is 7.46. The van der Waals surface area contributed by atoms with Crippen molar-refractivity contribution in [2.45, 2.75) is 135 Å². The number of aliphatic hydroxyl groups excluding tert-OH is 1. The Morgan fingerprint density at radius 1 is 0.829 bits per heavy atom. The summed E-state index contributed by atoms with van der Waals surface area (Å²) in [5.74, 6) is -0.202. The van der Waals surface area contributed by atoms with Crippen molar-refractivity contribution in [3.05, 3.63) is 24.3 Å². The van der Waals surface area contributed by atoms with E-state index in [1.165, 1.54) is 70.6 Å². The first-order valence-electron chi connectivity index (χ1n) is 16.2. The lowest BCUT2D eigenvalue weighted by atomic mass is 10.1. The van der Waals surface area contributed by atoms with Gasteiger partial charge in [-0.05, 0) is 19.3 Å². The third-order valence-corrected chi connectivity index (χ3v) is 7.96. The molecule has 3 atom stereocenters. The van der Waals surface area contributed by atoms with Gasteiger partial charge in [0.15, 0.2) is 0 Å². The van der Waals surface area contributed by atoms with Crippen LogP contribution >= 0.6 is 7.82 Å². The van der Waals surface area contributed by atoms with Crippen LogP contribution in [0.2, 0.25) is 0 Å². The summed E-state index contributed by atoms with van der Waals surface area (Å²) in [6.07, 6.45) is 25.4. The number of quaternary nitrogens is 1. The first-order valence-corrected chi connectivity index (χ1v) is 17.7. The number of hydrogen-bond donors (Lipinski definition) is 3. The fourth-order valence-electron chi connectivity index (χ4n) is 4.27. The zero-order valence-corrected chi connectivity index (χ0v) is 27.9. The van der Waals surface area contributed by atoms with Crippen molar-refractivity contribution in [2.24, 2.45) is 0 Å². The second-order valence-electron chi connectivity index (χ2n) is 12.2. The van der Waals surface area contributed by atoms with Gasteiger partial charge in [-0.15, -0.1) is 0 Å². The number of nitrogens with zero attached hydrogens (tertiary/aromatic N) is 1. The lowest BCUT2D eigenvalue weighted by molar-refractivity contribution is -0.870. The number of hydrogen-bond acceptors (Lipinski definition) is 5. The predicted molar refractivity (Wildman–Crippen MR) is 171 cm³/mol. The number of carbonyl (C=O) groups excluding carboxylic acids is 1. The van der Waals surface area contributed by atoms with Gasteiger partial charge in [0.1, 0.15) is 13.2 Å². The first kappa shape index (κ1) is 40.0. The molecule has 0 rings (SSSR count). The quantitative estimate of drug-likeness (QED) is 0.0371. The summed E-state index contributed by atoms with van der Waals surface area (Å²) in [5, 5.41) is 13.6. The van der Waals surface area contributed by atoms with Crippen LogP contribution < -0.4 is 5.32 Å². The van der Waals surface area contributed by atoms with Crippen molar-refractivity contribution in [3.8, 4) is 0 Å². The number of likely N-dealkylation sites (N-methyl/N-ethyl adjacent to an activating group) is 1. The van der Waals surface area contributed by atoms with Crippen LogP contribution in [0.25, 0.3) is 0 Å². The number of rotatable bonds is 28. The van der Waals surface area contributed by atoms with E-state index < -0.39 is 20.0 Å². The molecule has 0 aliphatic heterocycles. The monoisotopic (exact) mass is 603 g/mol. The molecule has 242 valence electrons. The third kappa shape index (κ3) is 27.6. The molecule has 0 spiro atoms. The Morgan fingerprint density at radius 3 is 1.93 bits per heavy atom. The Balaban J connectivity index is 4.74. The average Bonchev–Trinajstić information content (AvgIpc) is 2.90. The van der Waals surface area contributed by atoms with Crippen LogP contribution in [0.5, 0.6) is 0 Å². The van der Waals surface area contributed by atoms with E-state index in [1.54, 1.807) is 12.2 Å². The average molecular weight is 604 g/mol. The largest absolute Gasteiger partial charge is 0.472 e. The molecule has 3 N–H and O–H groups in total. The highest BCUT2D eigenvalue weighted by atomic mass is 31.2. The van der Waals surface area contributed by atoms with E-state index in [1.807, 2.05) is 27.2 Å². The highest BCUT2D eigenvalue weighted by Gasteiger charge is 2.27. The highest BCUT2D eigenvalue weighted by Crippen LogP contribution is 2.43. The summed E-state index contributed by atoms with van der Waals surface area (Å²) in [6, 6.07) is -0.869. The summed E-state index contributed by atoms with van der Waals surface area (Å²) >= 11 is 0. The highest BCUT2D eigenvalue weighted by molar-refractivity contribution is 7.47. The number of aliphatic hydroxyl groups is 1. The van der Waals surface area contributed by atoms with Crippen LogP contribution in [0.4, 0.5) is 0 Å². The maximum absolute atomic E-state index is 12.6. The van der Waals surface area contributed by atoms with Crippen LogP contribution in [-0.4, -0.2) is 73.4 Å². The Bertz CT molecular complexity index is 738. The number of unbranched alkanes of at least 4 members (excludes halogenated alkanes) is 14. The minimum atomic E-state index is -4.33. The maximum Gasteiger partial charge on any atom is 0.472 e. The van der Waals surface area contributed by atoms with Gasteiger partial charge in [0.05, 0.1) is 39.9 Å². The number of amides is 1. The Kier molecular flexibility index (Phi) is 24.8. The van der Waals surface area contributed by atoms with Crippen molar-refractivity contribution in [1.82, 2.24) is 5.32 Å². The number of carbonyl (C=O) groups is 1. The van der Waals surface area contributed by atoms with Crippen LogP contribution in [0, 0.1) is 0 Å². The fraction of sp³-hybridized carbons (Fsp3) is 0.844. The second kappa shape index (κ2) is 25.5. The number of phosphoric acid groups is 1. The van der Waals surface area contributed by atoms with Gasteiger partial charge in [0, 0.05) is 6.42 Å². The third-order valence-electron chi connectivity index (χ3n) is 6.98. The van der Waals surface area contributed by atoms with Gasteiger partial charge in [-0.25, -0.2) is 4.57 Å². The molecule has 0 saturated heterocycles. The normalized spacial score (nSPS) is 15.4. The van der Waals surface area contributed by atoms with Gasteiger partial charge in [0.2, 0.25) is 5.91 Å². The van der Waals surface area contributed by atoms with Gasteiger partial charge < -0.3 is 19.8 Å². The van der Waals surface area contributed by atoms with E-state index in [-0.39, 0.29) is 19.1 Å². The summed E-state index contributed by atoms with van der Waals surface area (Å²) in [4.78, 5) is 22.7. The summed E-state index contributed by atoms with van der Waals surface area (Å²) < 4.78 is 23.2. The van der Waals surface area contributed by atoms with Gasteiger partial charge in [-0.2, -0.15) is 0 Å². The van der Waals surface area contributed by atoms with Crippen molar-refractivity contribution in [3.63, 3.8) is 0 Å². The lowest BCUT2D eigenvalue weighted by Gasteiger charge is -2.25. The van der Waals surface area contributed by atoms with Crippen molar-refractivity contribution >= 4 is 13.7 Å². The van der Waals surface area contributed by atoms with Crippen LogP contribution in [0.15, 0.2) is 24.3 Å². The molecule has 0 bridgehead atoms. The Labute approximate surface area is 252 Å². The fourth-order valence-corrected chi connectivity index (χ4v) is 5.01. The topological polar surface area (TPSA) is 105 Å². The minimum absolute atomic E-state index is 0.0543. The Hall–Kier alpha value is -1.02. The molecule has 0 aromatic rings. The van der Waals surface area contributed by atoms with E-state index in [0.29, 0.717) is 17.4 Å². The van der Waals surface area contributed by atoms with Gasteiger partial charge in [-0.3, -0.25) is 13.8 Å². The Morgan fingerprint density at radius 2 is 1.37 bits per heavy atom. The van der Waals surface area contributed by atoms with E-state index in [2.05, 4.69) is 25.2 Å². The molecule has 8 nitrogen and oxygen atoms in total. The van der Waals surface area contributed by atoms with Crippen molar-refractivity contribution in [1.29, 1.82) is 0 Å². The first-order chi connectivity index (χ1) is 19.5. The van der Waals surface area contributed by atoms with Crippen molar-refractivity contribution < 1.29 is 32.9 Å². The molecule has 0 fully saturated rings. The minimum Gasteiger partial charge on any atom is -0.387 e. The van der Waals surface area contributed by atoms with Crippen LogP contribution in [0.3, 0.4) is 0 Å². The second-order valence-corrected chi connectivity index (χ2v) is 13.7. The summed E-state index contributed by atoms with van der Waals surface area (Å²) in [7, 11) is 1.54. The van der Waals surface area contributed by atoms with Gasteiger partial charge in [0.25, 0.3) is 0 Å². The summed E-state index contributed by atoms with van der Waals surface area (Å²) in [6.45, 7) is 4.68. The van der Waals surface area contributed by atoms with Crippen LogP contribution in [-0.2, 0) is 18.4 Å². The standard InChI is InChI=1S/C32H63N2O6P/c1-6-8-10-12-14-16-18-19-21-23-25-31(35)30(29-40-41(37,38)39-28-27-34(3,4)5)33-32(36)26-24-22-20-17-15-13-11-9-7-2/h19,21,23,25,30-31,35H,6-18,20,22,24,26-29H2,1-5H3,(H-,33,36,37,38)/p+1/b21-19+,25-23+/t30-,31+/m0/s1. The lowest BCUT2D eigenvalue weighted by Crippen LogP contribution is -2.45. The molecule has 1 unspecified atom stereocenters. The molecule has 0 aliphatic carbocycles. The van der Waals surface area contributed by atoms with E-state index >= 15 is 0 Å². The summed E-state index contributed by atoms with van der Waals surface area (Å²) in [5.41, 5.74) is 0. The molecule has 0 aromatic carbocycles. The van der Waals surface area contributed by atoms with Crippen LogP contribution in [0.1, 0.15) is 123 Å². The maximum atomic E-state index is 12.6. The zero-order chi connectivity index (χ0) is 30.8. The number of allylic oxidation sites excluding steroid dienone is 3. The SMILES string of the molecule is CCCCCCCC/C=C/C=C/[C@@H](O)[C@H](COP(=O)(O)OCC[N+](C)(C)C)NC(=O)CCCCCCCCCCC. The molecule has 0 heterocycles. The molecule has 9 heteroatoms. The molecule has 0 aromatic heterocycles. The van der Waals surface area contributed by atoms with Crippen molar-refractivity contribution in [2.75, 3.05) is 40.9 Å². The van der Waals surface area contributed by atoms with E-state index in [4.69, 9.17) is 9.05 Å². The van der Waals surface area contributed by atoms with Gasteiger partial charge >= 0.3 is 7.82 Å². The molecule has 0 saturated carbocycles. The van der Waals surface area contributed by atoms with E-state index in [0.717, 1.165) is 32.1 Å². The molecular formula is C32H64N2O6P+. The number of phosphoric ester groups is 1. The smallest absolute Gasteiger partial charge is 0.387 e. The molecule has 0 aliphatic rings.